The number of anilines is 1. The summed E-state index contributed by atoms with van der Waals surface area (Å²) in [6.45, 7) is 6.79. The predicted octanol–water partition coefficient (Wildman–Crippen LogP) is 2.17. The van der Waals surface area contributed by atoms with Gasteiger partial charge in [0, 0.05) is 10.9 Å². The maximum absolute atomic E-state index is 12.2. The van der Waals surface area contributed by atoms with Crippen molar-refractivity contribution in [3.8, 4) is 6.07 Å². The third-order valence-electron chi connectivity index (χ3n) is 3.60. The first-order valence-electron chi connectivity index (χ1n) is 6.09. The zero-order valence-electron chi connectivity index (χ0n) is 10.8. The van der Waals surface area contributed by atoms with Gasteiger partial charge in [-0.3, -0.25) is 4.79 Å². The molecule has 1 aromatic rings. The van der Waals surface area contributed by atoms with Crippen LogP contribution in [0.1, 0.15) is 29.3 Å². The molecule has 2 rings (SSSR count). The zero-order valence-corrected chi connectivity index (χ0v) is 11.6. The number of nitriles is 1. The van der Waals surface area contributed by atoms with Gasteiger partial charge in [0.05, 0.1) is 11.5 Å². The molecule has 1 aliphatic heterocycles. The molecule has 2 N–H and O–H groups in total. The third kappa shape index (κ3) is 2.26. The lowest BCUT2D eigenvalue weighted by atomic mass is 10.0. The van der Waals surface area contributed by atoms with Crippen LogP contribution < -0.4 is 10.6 Å². The molecule has 0 bridgehead atoms. The van der Waals surface area contributed by atoms with Crippen molar-refractivity contribution in [3.63, 3.8) is 0 Å². The number of nitrogens with one attached hydrogen (secondary N) is 2. The molecule has 96 valence electrons. The minimum absolute atomic E-state index is 0.000690. The van der Waals surface area contributed by atoms with Crippen LogP contribution in [0.4, 0.5) is 5.00 Å². The number of nitrogens with zero attached hydrogens (tertiary/aromatic N) is 1. The van der Waals surface area contributed by atoms with Crippen molar-refractivity contribution in [2.75, 3.05) is 11.9 Å². The average molecular weight is 263 g/mol. The van der Waals surface area contributed by atoms with Gasteiger partial charge in [-0.1, -0.05) is 0 Å². The van der Waals surface area contributed by atoms with Crippen molar-refractivity contribution >= 4 is 22.2 Å². The second-order valence-corrected chi connectivity index (χ2v) is 5.95. The van der Waals surface area contributed by atoms with Gasteiger partial charge in [0.1, 0.15) is 11.1 Å². The summed E-state index contributed by atoms with van der Waals surface area (Å²) in [5.41, 5.74) is 1.57. The Hall–Kier alpha value is -1.38. The van der Waals surface area contributed by atoms with E-state index >= 15 is 0 Å². The molecule has 2 unspecified atom stereocenters. The van der Waals surface area contributed by atoms with Gasteiger partial charge in [0.15, 0.2) is 0 Å². The first-order valence-corrected chi connectivity index (χ1v) is 6.90. The highest BCUT2D eigenvalue weighted by molar-refractivity contribution is 7.16. The Morgan fingerprint density at radius 3 is 2.83 bits per heavy atom. The van der Waals surface area contributed by atoms with Gasteiger partial charge in [-0.05, 0) is 39.3 Å². The number of hydrogen-bond donors (Lipinski definition) is 2. The molecule has 0 saturated carbocycles. The Balaban J connectivity index is 2.17. The van der Waals surface area contributed by atoms with Crippen LogP contribution in [0.2, 0.25) is 0 Å². The van der Waals surface area contributed by atoms with Crippen LogP contribution in [0, 0.1) is 31.1 Å². The number of thiophene rings is 1. The standard InChI is InChI=1S/C13H17N3OS/c1-7-9(3)18-13(11(7)6-14)16-12(17)10-4-5-15-8(10)2/h8,10,15H,4-5H2,1-3H3,(H,16,17). The van der Waals surface area contributed by atoms with Gasteiger partial charge in [0.25, 0.3) is 0 Å². The van der Waals surface area contributed by atoms with Crippen molar-refractivity contribution in [3.05, 3.63) is 16.0 Å². The predicted molar refractivity (Wildman–Crippen MR) is 72.7 cm³/mol. The van der Waals surface area contributed by atoms with Crippen molar-refractivity contribution in [1.29, 1.82) is 5.26 Å². The summed E-state index contributed by atoms with van der Waals surface area (Å²) in [5, 5.41) is 16.0. The quantitative estimate of drug-likeness (QED) is 0.859. The van der Waals surface area contributed by atoms with Crippen molar-refractivity contribution < 1.29 is 4.79 Å². The maximum atomic E-state index is 12.2. The number of carbonyl (C=O) groups excluding carboxylic acids is 1. The van der Waals surface area contributed by atoms with Gasteiger partial charge in [-0.25, -0.2) is 0 Å². The summed E-state index contributed by atoms with van der Waals surface area (Å²) in [4.78, 5) is 13.2. The Bertz CT molecular complexity index is 515. The molecular weight excluding hydrogens is 246 g/mol. The monoisotopic (exact) mass is 263 g/mol. The molecule has 1 aromatic heterocycles. The van der Waals surface area contributed by atoms with E-state index in [-0.39, 0.29) is 17.9 Å². The molecule has 2 heterocycles. The second kappa shape index (κ2) is 5.09. The maximum Gasteiger partial charge on any atom is 0.229 e. The number of amides is 1. The summed E-state index contributed by atoms with van der Waals surface area (Å²) < 4.78 is 0. The smallest absolute Gasteiger partial charge is 0.229 e. The Morgan fingerprint density at radius 1 is 1.56 bits per heavy atom. The Kier molecular flexibility index (Phi) is 3.69. The highest BCUT2D eigenvalue weighted by atomic mass is 32.1. The van der Waals surface area contributed by atoms with Crippen LogP contribution in [0.25, 0.3) is 0 Å². The molecule has 1 saturated heterocycles. The topological polar surface area (TPSA) is 64.9 Å². The molecule has 0 spiro atoms. The fraction of sp³-hybridized carbons (Fsp3) is 0.538. The lowest BCUT2D eigenvalue weighted by Gasteiger charge is -2.14. The van der Waals surface area contributed by atoms with E-state index in [4.69, 9.17) is 5.26 Å². The molecule has 0 aliphatic carbocycles. The minimum Gasteiger partial charge on any atom is -0.316 e. The van der Waals surface area contributed by atoms with E-state index in [0.29, 0.717) is 10.6 Å². The van der Waals surface area contributed by atoms with Crippen LogP contribution in [0.3, 0.4) is 0 Å². The highest BCUT2D eigenvalue weighted by Gasteiger charge is 2.30. The van der Waals surface area contributed by atoms with E-state index in [9.17, 15) is 4.79 Å². The van der Waals surface area contributed by atoms with E-state index in [1.807, 2.05) is 20.8 Å². The van der Waals surface area contributed by atoms with Crippen LogP contribution in [0.5, 0.6) is 0 Å². The normalized spacial score (nSPS) is 22.8. The molecule has 5 heteroatoms. The first kappa shape index (κ1) is 13.1. The summed E-state index contributed by atoms with van der Waals surface area (Å²) in [5.74, 6) is 0.0181. The van der Waals surface area contributed by atoms with E-state index in [2.05, 4.69) is 16.7 Å². The van der Waals surface area contributed by atoms with Crippen molar-refractivity contribution in [1.82, 2.24) is 5.32 Å². The lowest BCUT2D eigenvalue weighted by molar-refractivity contribution is -0.119. The van der Waals surface area contributed by atoms with Gasteiger partial charge in [0.2, 0.25) is 5.91 Å². The van der Waals surface area contributed by atoms with Crippen molar-refractivity contribution in [2.45, 2.75) is 33.2 Å². The van der Waals surface area contributed by atoms with Crippen LogP contribution in [0.15, 0.2) is 0 Å². The van der Waals surface area contributed by atoms with Crippen LogP contribution in [-0.4, -0.2) is 18.5 Å². The summed E-state index contributed by atoms with van der Waals surface area (Å²) in [7, 11) is 0. The second-order valence-electron chi connectivity index (χ2n) is 4.73. The average Bonchev–Trinajstić information content (AvgIpc) is 2.85. The SMILES string of the molecule is Cc1sc(NC(=O)C2CCNC2C)c(C#N)c1C. The van der Waals surface area contributed by atoms with Crippen LogP contribution >= 0.6 is 11.3 Å². The summed E-state index contributed by atoms with van der Waals surface area (Å²) >= 11 is 1.48. The number of aryl methyl sites for hydroxylation is 1. The van der Waals surface area contributed by atoms with E-state index in [1.165, 1.54) is 11.3 Å². The molecule has 0 radical (unpaired) electrons. The van der Waals surface area contributed by atoms with Gasteiger partial charge >= 0.3 is 0 Å². The molecule has 1 fully saturated rings. The third-order valence-corrected chi connectivity index (χ3v) is 4.72. The van der Waals surface area contributed by atoms with E-state index < -0.39 is 0 Å². The first-order chi connectivity index (χ1) is 8.54. The van der Waals surface area contributed by atoms with Gasteiger partial charge < -0.3 is 10.6 Å². The molecular formula is C13H17N3OS. The van der Waals surface area contributed by atoms with Crippen molar-refractivity contribution in [2.24, 2.45) is 5.92 Å². The van der Waals surface area contributed by atoms with Gasteiger partial charge in [-0.2, -0.15) is 5.26 Å². The molecule has 4 nitrogen and oxygen atoms in total. The number of hydrogen-bond acceptors (Lipinski definition) is 4. The fourth-order valence-electron chi connectivity index (χ4n) is 2.27. The summed E-state index contributed by atoms with van der Waals surface area (Å²) in [6, 6.07) is 2.38. The molecule has 1 aliphatic rings. The highest BCUT2D eigenvalue weighted by Crippen LogP contribution is 2.32. The summed E-state index contributed by atoms with van der Waals surface area (Å²) in [6.07, 6.45) is 0.859. The van der Waals surface area contributed by atoms with E-state index in [1.54, 1.807) is 0 Å². The fourth-order valence-corrected chi connectivity index (χ4v) is 3.28. The minimum atomic E-state index is -0.000690. The largest absolute Gasteiger partial charge is 0.316 e. The Morgan fingerprint density at radius 2 is 2.28 bits per heavy atom. The molecule has 2 atom stereocenters. The molecule has 0 aromatic carbocycles. The molecule has 18 heavy (non-hydrogen) atoms. The molecule has 1 amide bonds. The van der Waals surface area contributed by atoms with E-state index in [0.717, 1.165) is 23.4 Å². The van der Waals surface area contributed by atoms with Crippen LogP contribution in [-0.2, 0) is 4.79 Å². The lowest BCUT2D eigenvalue weighted by Crippen LogP contribution is -2.32. The van der Waals surface area contributed by atoms with Gasteiger partial charge in [-0.15, -0.1) is 11.3 Å². The Labute approximate surface area is 111 Å². The number of carbonyl (C=O) groups is 1. The zero-order chi connectivity index (χ0) is 13.3. The number of rotatable bonds is 2.